The van der Waals surface area contributed by atoms with Gasteiger partial charge in [-0.15, -0.1) is 0 Å². The van der Waals surface area contributed by atoms with Crippen LogP contribution in [0, 0.1) is 5.82 Å². The van der Waals surface area contributed by atoms with E-state index in [0.29, 0.717) is 42.3 Å². The Morgan fingerprint density at radius 1 is 1.05 bits per heavy atom. The minimum atomic E-state index is -1.22. The van der Waals surface area contributed by atoms with Crippen molar-refractivity contribution < 1.29 is 23.5 Å². The van der Waals surface area contributed by atoms with Crippen LogP contribution in [0.3, 0.4) is 0 Å². The molecule has 0 bridgehead atoms. The van der Waals surface area contributed by atoms with E-state index in [1.165, 1.54) is 6.07 Å². The molecule has 2 atom stereocenters. The number of piperazine rings is 1. The number of methoxy groups -OCH3 is 1. The summed E-state index contributed by atoms with van der Waals surface area (Å²) in [6, 6.07) is 20.4. The molecule has 2 aliphatic heterocycles. The maximum Gasteiger partial charge on any atom is 0.254 e. The molecule has 1 aromatic heterocycles. The minimum absolute atomic E-state index is 0.0434. The molecule has 7 nitrogen and oxygen atoms in total. The molecule has 212 valence electrons. The smallest absolute Gasteiger partial charge is 0.254 e. The summed E-state index contributed by atoms with van der Waals surface area (Å²) in [5.74, 6) is 0.505. The molecule has 0 spiro atoms. The number of amides is 2. The number of para-hydroxylation sites is 1. The average Bonchev–Trinajstić information content (AvgIpc) is 3.39. The number of benzene rings is 3. The van der Waals surface area contributed by atoms with Crippen LogP contribution < -0.4 is 9.47 Å². The first-order valence-electron chi connectivity index (χ1n) is 14.1. The maximum atomic E-state index is 14.3. The zero-order chi connectivity index (χ0) is 28.7. The second-order valence-electron chi connectivity index (χ2n) is 10.9. The SMILES string of the molecule is CCCOc1ccc(C2CN3C(=O)CN(CCc4ccccc4F)C(=O)C3(C)c3[nH]c4ccccc4c32)cc1OC. The Morgan fingerprint density at radius 2 is 1.83 bits per heavy atom. The molecule has 6 rings (SSSR count). The highest BCUT2D eigenvalue weighted by atomic mass is 19.1. The number of carbonyl (C=O) groups is 2. The van der Waals surface area contributed by atoms with Crippen LogP contribution in [0.15, 0.2) is 66.7 Å². The third-order valence-corrected chi connectivity index (χ3v) is 8.48. The van der Waals surface area contributed by atoms with Gasteiger partial charge in [0.15, 0.2) is 17.0 Å². The van der Waals surface area contributed by atoms with Gasteiger partial charge in [0.2, 0.25) is 5.91 Å². The van der Waals surface area contributed by atoms with Gasteiger partial charge in [0, 0.05) is 29.9 Å². The fourth-order valence-electron chi connectivity index (χ4n) is 6.34. The summed E-state index contributed by atoms with van der Waals surface area (Å²) < 4.78 is 25.9. The number of ether oxygens (including phenoxy) is 2. The van der Waals surface area contributed by atoms with Gasteiger partial charge < -0.3 is 24.3 Å². The van der Waals surface area contributed by atoms with E-state index in [1.807, 2.05) is 43.3 Å². The van der Waals surface area contributed by atoms with E-state index in [0.717, 1.165) is 28.5 Å². The Balaban J connectivity index is 1.42. The first-order valence-corrected chi connectivity index (χ1v) is 14.1. The summed E-state index contributed by atoms with van der Waals surface area (Å²) in [5.41, 5.74) is 2.90. The van der Waals surface area contributed by atoms with E-state index in [-0.39, 0.29) is 36.6 Å². The minimum Gasteiger partial charge on any atom is -0.493 e. The molecule has 1 fully saturated rings. The standard InChI is InChI=1S/C33H34FN3O4/c1-4-17-41-27-14-13-22(18-28(27)40-3)24-19-37-29(38)20-36(16-15-21-9-5-7-11-25(21)34)32(39)33(37,2)31-30(24)23-10-6-8-12-26(23)35-31/h5-14,18,24,35H,4,15-17,19-20H2,1-3H3. The van der Waals surface area contributed by atoms with Crippen LogP contribution in [-0.4, -0.2) is 59.9 Å². The van der Waals surface area contributed by atoms with Crippen LogP contribution in [0.25, 0.3) is 10.9 Å². The van der Waals surface area contributed by atoms with Gasteiger partial charge in [0.1, 0.15) is 5.82 Å². The van der Waals surface area contributed by atoms with Gasteiger partial charge >= 0.3 is 0 Å². The van der Waals surface area contributed by atoms with Crippen molar-refractivity contribution in [3.8, 4) is 11.5 Å². The number of aromatic amines is 1. The summed E-state index contributed by atoms with van der Waals surface area (Å²) in [6.45, 7) is 5.02. The number of halogens is 1. The number of carbonyl (C=O) groups excluding carboxylic acids is 2. The third kappa shape index (κ3) is 4.42. The van der Waals surface area contributed by atoms with Crippen molar-refractivity contribution in [3.05, 3.63) is 94.9 Å². The number of hydrogen-bond acceptors (Lipinski definition) is 4. The lowest BCUT2D eigenvalue weighted by Gasteiger charge is -2.51. The van der Waals surface area contributed by atoms with Crippen LogP contribution in [0.2, 0.25) is 0 Å². The van der Waals surface area contributed by atoms with E-state index in [9.17, 15) is 14.0 Å². The normalized spacial score (nSPS) is 20.2. The Kier molecular flexibility index (Phi) is 6.93. The second kappa shape index (κ2) is 10.6. The largest absolute Gasteiger partial charge is 0.493 e. The molecule has 0 radical (unpaired) electrons. The molecular formula is C33H34FN3O4. The molecule has 2 unspecified atom stereocenters. The molecular weight excluding hydrogens is 521 g/mol. The molecule has 41 heavy (non-hydrogen) atoms. The number of hydrogen-bond donors (Lipinski definition) is 1. The Morgan fingerprint density at radius 3 is 2.61 bits per heavy atom. The van der Waals surface area contributed by atoms with Gasteiger partial charge in [-0.1, -0.05) is 49.4 Å². The summed E-state index contributed by atoms with van der Waals surface area (Å²) in [4.78, 5) is 34.8. The van der Waals surface area contributed by atoms with Crippen LogP contribution in [0.1, 0.15) is 48.6 Å². The molecule has 2 amide bonds. The predicted octanol–water partition coefficient (Wildman–Crippen LogP) is 5.38. The number of fused-ring (bicyclic) bond motifs is 5. The van der Waals surface area contributed by atoms with Crippen molar-refractivity contribution >= 4 is 22.7 Å². The van der Waals surface area contributed by atoms with Crippen molar-refractivity contribution in [2.45, 2.75) is 38.1 Å². The molecule has 1 N–H and O–H groups in total. The second-order valence-corrected chi connectivity index (χ2v) is 10.9. The number of aromatic nitrogens is 1. The van der Waals surface area contributed by atoms with Gasteiger partial charge in [-0.05, 0) is 60.7 Å². The zero-order valence-electron chi connectivity index (χ0n) is 23.6. The topological polar surface area (TPSA) is 74.9 Å². The van der Waals surface area contributed by atoms with Crippen LogP contribution in [-0.2, 0) is 21.5 Å². The molecule has 0 aliphatic carbocycles. The van der Waals surface area contributed by atoms with Crippen molar-refractivity contribution in [2.24, 2.45) is 0 Å². The summed E-state index contributed by atoms with van der Waals surface area (Å²) in [5, 5.41) is 1.02. The highest BCUT2D eigenvalue weighted by molar-refractivity contribution is 6.01. The monoisotopic (exact) mass is 555 g/mol. The molecule has 2 aliphatic rings. The molecule has 8 heteroatoms. The summed E-state index contributed by atoms with van der Waals surface area (Å²) in [6.07, 6.45) is 1.21. The fraction of sp³-hybridized carbons (Fsp3) is 0.333. The molecule has 1 saturated heterocycles. The Bertz CT molecular complexity index is 1630. The lowest BCUT2D eigenvalue weighted by atomic mass is 9.76. The highest BCUT2D eigenvalue weighted by Gasteiger charge is 2.56. The van der Waals surface area contributed by atoms with Crippen LogP contribution in [0.5, 0.6) is 11.5 Å². The van der Waals surface area contributed by atoms with Crippen molar-refractivity contribution in [3.63, 3.8) is 0 Å². The Hall–Kier alpha value is -4.33. The average molecular weight is 556 g/mol. The zero-order valence-corrected chi connectivity index (χ0v) is 23.6. The third-order valence-electron chi connectivity index (χ3n) is 8.48. The quantitative estimate of drug-likeness (QED) is 0.317. The highest BCUT2D eigenvalue weighted by Crippen LogP contribution is 2.49. The molecule has 0 saturated carbocycles. The van der Waals surface area contributed by atoms with Gasteiger partial charge in [-0.25, -0.2) is 4.39 Å². The van der Waals surface area contributed by atoms with E-state index in [4.69, 9.17) is 9.47 Å². The first-order chi connectivity index (χ1) is 19.9. The van der Waals surface area contributed by atoms with Crippen molar-refractivity contribution in [2.75, 3.05) is 33.4 Å². The van der Waals surface area contributed by atoms with Gasteiger partial charge in [0.25, 0.3) is 5.91 Å². The Labute approximate surface area is 238 Å². The van der Waals surface area contributed by atoms with Gasteiger partial charge in [0.05, 0.1) is 26.0 Å². The molecule has 3 aromatic carbocycles. The van der Waals surface area contributed by atoms with E-state index >= 15 is 0 Å². The lowest BCUT2D eigenvalue weighted by molar-refractivity contribution is -0.166. The van der Waals surface area contributed by atoms with Gasteiger partial charge in [-0.2, -0.15) is 0 Å². The van der Waals surface area contributed by atoms with E-state index in [1.54, 1.807) is 35.1 Å². The number of H-pyrrole nitrogens is 1. The van der Waals surface area contributed by atoms with E-state index < -0.39 is 5.54 Å². The summed E-state index contributed by atoms with van der Waals surface area (Å²) in [7, 11) is 1.62. The van der Waals surface area contributed by atoms with Crippen molar-refractivity contribution in [1.29, 1.82) is 0 Å². The first kappa shape index (κ1) is 26.9. The van der Waals surface area contributed by atoms with Crippen LogP contribution >= 0.6 is 0 Å². The molecule has 3 heterocycles. The predicted molar refractivity (Wildman–Crippen MR) is 155 cm³/mol. The van der Waals surface area contributed by atoms with Crippen LogP contribution in [0.4, 0.5) is 4.39 Å². The number of nitrogens with zero attached hydrogens (tertiary/aromatic N) is 2. The molecule has 4 aromatic rings. The number of nitrogens with one attached hydrogen (secondary N) is 1. The number of rotatable bonds is 8. The fourth-order valence-corrected chi connectivity index (χ4v) is 6.34. The van der Waals surface area contributed by atoms with Gasteiger partial charge in [-0.3, -0.25) is 9.59 Å². The lowest BCUT2D eigenvalue weighted by Crippen LogP contribution is -2.67. The maximum absolute atomic E-state index is 14.3. The summed E-state index contributed by atoms with van der Waals surface area (Å²) >= 11 is 0. The van der Waals surface area contributed by atoms with E-state index in [2.05, 4.69) is 18.0 Å². The van der Waals surface area contributed by atoms with Crippen molar-refractivity contribution in [1.82, 2.24) is 14.8 Å².